The molecule has 0 unspecified atom stereocenters. The number of nitrogens with zero attached hydrogens (tertiary/aromatic N) is 7. The van der Waals surface area contributed by atoms with Crippen molar-refractivity contribution in [3.63, 3.8) is 0 Å². The Labute approximate surface area is 342 Å². The number of hydrogen-bond acceptors (Lipinski definition) is 5. The largest absolute Gasteiger partial charge is 0.455 e. The molecule has 0 bridgehead atoms. The molecule has 60 heavy (non-hydrogen) atoms. The monoisotopic (exact) mass is 767 g/mol. The average molecular weight is 768 g/mol. The minimum Gasteiger partial charge on any atom is -0.455 e. The van der Waals surface area contributed by atoms with Crippen LogP contribution in [0.5, 0.6) is 0 Å². The van der Waals surface area contributed by atoms with E-state index < -0.39 is 0 Å². The standard InChI is InChI=1S/C52H29N7O/c53-30-32-16-20-34(21-17-32)51-55-56-52(35-22-18-33(31-54)19-23-35)59(51)38-24-26-46-43(29-38)39-10-1-4-13-44(39)57(46)36-8-7-9-37(28-36)58-45-14-5-2-12-42(45)49-47(58)27-25-41-40-11-3-6-15-48(40)60-50(41)49/h1-29H. The molecule has 12 aromatic rings. The van der Waals surface area contributed by atoms with Gasteiger partial charge < -0.3 is 13.6 Å². The predicted octanol–water partition coefficient (Wildman–Crippen LogP) is 12.4. The minimum atomic E-state index is 0.567. The second kappa shape index (κ2) is 12.9. The molecule has 0 aliphatic rings. The fourth-order valence-electron chi connectivity index (χ4n) is 8.95. The van der Waals surface area contributed by atoms with Crippen LogP contribution >= 0.6 is 0 Å². The summed E-state index contributed by atoms with van der Waals surface area (Å²) >= 11 is 0. The van der Waals surface area contributed by atoms with Crippen molar-refractivity contribution in [1.82, 2.24) is 23.9 Å². The molecule has 278 valence electrons. The minimum absolute atomic E-state index is 0.567. The molecule has 0 aliphatic carbocycles. The molecular formula is C52H29N7O. The van der Waals surface area contributed by atoms with E-state index in [2.05, 4.69) is 151 Å². The highest BCUT2D eigenvalue weighted by Gasteiger charge is 2.22. The summed E-state index contributed by atoms with van der Waals surface area (Å²) in [4.78, 5) is 0. The summed E-state index contributed by atoms with van der Waals surface area (Å²) in [6.45, 7) is 0. The molecule has 0 saturated carbocycles. The molecule has 8 aromatic carbocycles. The first-order valence-corrected chi connectivity index (χ1v) is 19.6. The molecule has 0 saturated heterocycles. The van der Waals surface area contributed by atoms with Gasteiger partial charge in [0.15, 0.2) is 11.6 Å². The zero-order valence-corrected chi connectivity index (χ0v) is 31.8. The van der Waals surface area contributed by atoms with Crippen molar-refractivity contribution >= 4 is 65.6 Å². The average Bonchev–Trinajstić information content (AvgIpc) is 4.08. The molecule has 0 spiro atoms. The van der Waals surface area contributed by atoms with Crippen molar-refractivity contribution < 1.29 is 4.42 Å². The SMILES string of the molecule is N#Cc1ccc(-c2nnc(-c3ccc(C#N)cc3)n2-c2ccc3c(c2)c2ccccc2n3-c2cccc(-n3c4ccccc4c4c5oc6ccccc6c5ccc43)c2)cc1. The Balaban J connectivity index is 1.05. The Hall–Kier alpha value is -8.72. The van der Waals surface area contributed by atoms with Gasteiger partial charge in [-0.2, -0.15) is 10.5 Å². The first-order valence-electron chi connectivity index (χ1n) is 19.6. The van der Waals surface area contributed by atoms with E-state index in [4.69, 9.17) is 4.42 Å². The molecule has 0 fully saturated rings. The van der Waals surface area contributed by atoms with E-state index in [0.717, 1.165) is 93.7 Å². The fraction of sp³-hybridized carbons (Fsp3) is 0. The van der Waals surface area contributed by atoms with Crippen LogP contribution in [0, 0.1) is 22.7 Å². The van der Waals surface area contributed by atoms with Crippen molar-refractivity contribution in [1.29, 1.82) is 10.5 Å². The van der Waals surface area contributed by atoms with E-state index in [1.165, 1.54) is 0 Å². The van der Waals surface area contributed by atoms with Gasteiger partial charge in [0.1, 0.15) is 11.2 Å². The van der Waals surface area contributed by atoms with Gasteiger partial charge in [-0.15, -0.1) is 10.2 Å². The number of hydrogen-bond donors (Lipinski definition) is 0. The predicted molar refractivity (Wildman–Crippen MR) is 238 cm³/mol. The number of fused-ring (bicyclic) bond motifs is 10. The summed E-state index contributed by atoms with van der Waals surface area (Å²) in [7, 11) is 0. The molecule has 0 N–H and O–H groups in total. The smallest absolute Gasteiger partial charge is 0.168 e. The van der Waals surface area contributed by atoms with Crippen LogP contribution in [-0.2, 0) is 0 Å². The lowest BCUT2D eigenvalue weighted by Gasteiger charge is -2.14. The van der Waals surface area contributed by atoms with Gasteiger partial charge in [-0.1, -0.05) is 60.7 Å². The second-order valence-electron chi connectivity index (χ2n) is 14.9. The highest BCUT2D eigenvalue weighted by Crippen LogP contribution is 2.42. The van der Waals surface area contributed by atoms with Gasteiger partial charge >= 0.3 is 0 Å². The molecule has 0 amide bonds. The molecule has 12 rings (SSSR count). The first kappa shape index (κ1) is 33.4. The highest BCUT2D eigenvalue weighted by atomic mass is 16.3. The molecular weight excluding hydrogens is 739 g/mol. The van der Waals surface area contributed by atoms with Crippen LogP contribution in [-0.4, -0.2) is 23.9 Å². The summed E-state index contributed by atoms with van der Waals surface area (Å²) in [5.74, 6) is 1.28. The van der Waals surface area contributed by atoms with Crippen LogP contribution in [0.25, 0.3) is 105 Å². The maximum Gasteiger partial charge on any atom is 0.168 e. The van der Waals surface area contributed by atoms with Crippen molar-refractivity contribution in [2.45, 2.75) is 0 Å². The number of furan rings is 1. The number of aromatic nitrogens is 5. The third-order valence-electron chi connectivity index (χ3n) is 11.6. The maximum absolute atomic E-state index is 9.49. The van der Waals surface area contributed by atoms with E-state index in [9.17, 15) is 10.5 Å². The number of rotatable bonds is 5. The molecule has 0 radical (unpaired) electrons. The zero-order chi connectivity index (χ0) is 39.9. The van der Waals surface area contributed by atoms with Crippen LogP contribution in [0.3, 0.4) is 0 Å². The Bertz CT molecular complexity index is 3720. The van der Waals surface area contributed by atoms with Gasteiger partial charge in [-0.3, -0.25) is 4.57 Å². The van der Waals surface area contributed by atoms with Gasteiger partial charge in [0.25, 0.3) is 0 Å². The Morgan fingerprint density at radius 2 is 0.933 bits per heavy atom. The van der Waals surface area contributed by atoms with Crippen molar-refractivity contribution in [2.75, 3.05) is 0 Å². The van der Waals surface area contributed by atoms with Gasteiger partial charge in [0.05, 0.1) is 56.4 Å². The van der Waals surface area contributed by atoms with E-state index in [0.29, 0.717) is 22.8 Å². The van der Waals surface area contributed by atoms with E-state index in [-0.39, 0.29) is 0 Å². The van der Waals surface area contributed by atoms with Gasteiger partial charge in [-0.25, -0.2) is 0 Å². The lowest BCUT2D eigenvalue weighted by Crippen LogP contribution is -2.01. The first-order chi connectivity index (χ1) is 29.7. The Kier molecular flexibility index (Phi) is 7.19. The maximum atomic E-state index is 9.49. The van der Waals surface area contributed by atoms with Crippen LogP contribution in [0.1, 0.15) is 11.1 Å². The summed E-state index contributed by atoms with van der Waals surface area (Å²) in [6, 6.07) is 64.1. The zero-order valence-electron chi connectivity index (χ0n) is 31.8. The van der Waals surface area contributed by atoms with E-state index >= 15 is 0 Å². The van der Waals surface area contributed by atoms with Crippen molar-refractivity contribution in [3.8, 4) is 52.0 Å². The summed E-state index contributed by atoms with van der Waals surface area (Å²) in [5, 5.41) is 35.0. The van der Waals surface area contributed by atoms with E-state index in [1.54, 1.807) is 24.3 Å². The molecule has 8 nitrogen and oxygen atoms in total. The molecule has 0 atom stereocenters. The molecule has 0 aliphatic heterocycles. The lowest BCUT2D eigenvalue weighted by atomic mass is 10.1. The third-order valence-corrected chi connectivity index (χ3v) is 11.6. The fourth-order valence-corrected chi connectivity index (χ4v) is 8.95. The Morgan fingerprint density at radius 3 is 1.60 bits per heavy atom. The summed E-state index contributed by atoms with van der Waals surface area (Å²) < 4.78 is 13.3. The number of nitriles is 2. The highest BCUT2D eigenvalue weighted by molar-refractivity contribution is 6.24. The van der Waals surface area contributed by atoms with Crippen LogP contribution in [0.15, 0.2) is 180 Å². The summed E-state index contributed by atoms with van der Waals surface area (Å²) in [6.07, 6.45) is 0. The normalized spacial score (nSPS) is 11.6. The van der Waals surface area contributed by atoms with Crippen LogP contribution < -0.4 is 0 Å². The molecule has 8 heteroatoms. The Morgan fingerprint density at radius 1 is 0.400 bits per heavy atom. The van der Waals surface area contributed by atoms with Crippen molar-refractivity contribution in [3.05, 3.63) is 187 Å². The van der Waals surface area contributed by atoms with Crippen LogP contribution in [0.2, 0.25) is 0 Å². The van der Waals surface area contributed by atoms with E-state index in [1.807, 2.05) is 36.4 Å². The molecule has 4 aromatic heterocycles. The van der Waals surface area contributed by atoms with Crippen molar-refractivity contribution in [2.24, 2.45) is 0 Å². The molecule has 4 heterocycles. The topological polar surface area (TPSA) is 101 Å². The quantitative estimate of drug-likeness (QED) is 0.173. The van der Waals surface area contributed by atoms with Gasteiger partial charge in [0.2, 0.25) is 0 Å². The second-order valence-corrected chi connectivity index (χ2v) is 14.9. The van der Waals surface area contributed by atoms with Gasteiger partial charge in [-0.05, 0) is 115 Å². The lowest BCUT2D eigenvalue weighted by molar-refractivity contribution is 0.673. The summed E-state index contributed by atoms with van der Waals surface area (Å²) in [5.41, 5.74) is 11.8. The number of para-hydroxylation sites is 3. The number of benzene rings is 8. The van der Waals surface area contributed by atoms with Crippen LogP contribution in [0.4, 0.5) is 0 Å². The third kappa shape index (κ3) is 4.89. The van der Waals surface area contributed by atoms with Gasteiger partial charge in [0, 0.05) is 49.4 Å².